The summed E-state index contributed by atoms with van der Waals surface area (Å²) in [6.07, 6.45) is 7.94. The topological polar surface area (TPSA) is 118 Å². The zero-order valence-electron chi connectivity index (χ0n) is 18.9. The van der Waals surface area contributed by atoms with Gasteiger partial charge >= 0.3 is 0 Å². The van der Waals surface area contributed by atoms with E-state index in [9.17, 15) is 4.39 Å². The van der Waals surface area contributed by atoms with Crippen molar-refractivity contribution in [3.05, 3.63) is 66.5 Å². The molecule has 1 aliphatic rings. The number of aliphatic imine (C=N–C) groups is 1. The lowest BCUT2D eigenvalue weighted by Gasteiger charge is -2.26. The Morgan fingerprint density at radius 2 is 1.97 bits per heavy atom. The van der Waals surface area contributed by atoms with Crippen molar-refractivity contribution in [3.8, 4) is 11.4 Å². The fourth-order valence-electron chi connectivity index (χ4n) is 3.01. The molecule has 1 aromatic carbocycles. The minimum Gasteiger partial charge on any atom is -0.481 e. The quantitative estimate of drug-likeness (QED) is 0.463. The van der Waals surface area contributed by atoms with Crippen molar-refractivity contribution in [1.29, 1.82) is 5.41 Å². The highest BCUT2D eigenvalue weighted by Crippen LogP contribution is 2.22. The molecule has 9 heteroatoms. The number of aliphatic carboxylic acids is 1. The average molecular weight is 453 g/mol. The standard InChI is InChI=1S/C22H25FN6.C2H4O2/c1-16(14-26-22(24)29-11-4-3-5-12-29)18-8-9-19(20(23)13-18)21-25-10-6-7-17(2)27-15-28-21;1-2(3)4/h6-10,13-15,24H,1,3-5,11-12H2,2H3,(H,25,27,28);1H3,(H,3,4)/b10-6?,17-7?,24-22?,26-14-;. The van der Waals surface area contributed by atoms with Gasteiger partial charge in [0, 0.05) is 38.1 Å². The van der Waals surface area contributed by atoms with Crippen molar-refractivity contribution in [2.24, 2.45) is 4.99 Å². The molecule has 0 radical (unpaired) electrons. The Kier molecular flexibility index (Phi) is 9.88. The molecule has 0 bridgehead atoms. The van der Waals surface area contributed by atoms with E-state index in [1.807, 2.05) is 17.9 Å². The smallest absolute Gasteiger partial charge is 0.300 e. The number of carboxylic acid groups (broad SMARTS) is 1. The maximum Gasteiger partial charge on any atom is 0.300 e. The molecule has 1 fully saturated rings. The lowest BCUT2D eigenvalue weighted by Crippen LogP contribution is -2.34. The van der Waals surface area contributed by atoms with Crippen molar-refractivity contribution in [2.45, 2.75) is 33.1 Å². The van der Waals surface area contributed by atoms with E-state index in [2.05, 4.69) is 26.5 Å². The molecule has 1 aliphatic heterocycles. The van der Waals surface area contributed by atoms with Gasteiger partial charge in [0.25, 0.3) is 5.97 Å². The summed E-state index contributed by atoms with van der Waals surface area (Å²) in [5.41, 5.74) is 2.34. The number of nitrogens with one attached hydrogen (secondary N) is 2. The second kappa shape index (κ2) is 12.8. The lowest BCUT2D eigenvalue weighted by atomic mass is 10.1. The second-order valence-corrected chi connectivity index (χ2v) is 7.41. The number of halogens is 1. The first-order valence-electron chi connectivity index (χ1n) is 10.5. The number of hydrogen-bond acceptors (Lipinski definition) is 4. The van der Waals surface area contributed by atoms with Crippen LogP contribution in [0.1, 0.15) is 37.4 Å². The van der Waals surface area contributed by atoms with Crippen LogP contribution in [-0.4, -0.2) is 56.2 Å². The maximum atomic E-state index is 14.7. The number of carbonyl (C=O) groups is 1. The van der Waals surface area contributed by atoms with Crippen LogP contribution < -0.4 is 0 Å². The molecule has 0 saturated carbocycles. The van der Waals surface area contributed by atoms with E-state index in [0.29, 0.717) is 16.7 Å². The zero-order valence-corrected chi connectivity index (χ0v) is 18.9. The van der Waals surface area contributed by atoms with Crippen LogP contribution in [-0.2, 0) is 4.79 Å². The molecular weight excluding hydrogens is 423 g/mol. The SMILES string of the molecule is C=C(/C=N\C(=N)N1CCCCC1)c1ccc(-c2ncccc(C)[nH]cn2)c(F)c1.CC(=O)O. The van der Waals surface area contributed by atoms with Gasteiger partial charge in [-0.1, -0.05) is 12.6 Å². The Hall–Kier alpha value is -3.88. The first-order chi connectivity index (χ1) is 15.8. The number of rotatable bonds is 3. The fourth-order valence-corrected chi connectivity index (χ4v) is 3.01. The highest BCUT2D eigenvalue weighted by atomic mass is 19.1. The highest BCUT2D eigenvalue weighted by Gasteiger charge is 2.13. The maximum absolute atomic E-state index is 14.7. The van der Waals surface area contributed by atoms with Crippen LogP contribution in [0.15, 0.2) is 54.4 Å². The van der Waals surface area contributed by atoms with Crippen LogP contribution in [0.25, 0.3) is 17.0 Å². The number of aromatic nitrogens is 3. The number of nitrogens with zero attached hydrogens (tertiary/aromatic N) is 4. The summed E-state index contributed by atoms with van der Waals surface area (Å²) in [6.45, 7) is 8.64. The van der Waals surface area contributed by atoms with Gasteiger partial charge in [-0.15, -0.1) is 0 Å². The molecule has 0 aliphatic carbocycles. The molecule has 33 heavy (non-hydrogen) atoms. The van der Waals surface area contributed by atoms with Gasteiger partial charge in [-0.3, -0.25) is 10.2 Å². The van der Waals surface area contributed by atoms with Gasteiger partial charge in [0.1, 0.15) is 5.82 Å². The molecule has 0 spiro atoms. The van der Waals surface area contributed by atoms with Gasteiger partial charge in [0.05, 0.1) is 11.9 Å². The number of hydrogen-bond donors (Lipinski definition) is 3. The van der Waals surface area contributed by atoms with E-state index in [1.54, 1.807) is 24.4 Å². The molecule has 2 heterocycles. The number of allylic oxidation sites excluding steroid dienone is 1. The zero-order chi connectivity index (χ0) is 24.2. The van der Waals surface area contributed by atoms with Crippen molar-refractivity contribution in [1.82, 2.24) is 19.9 Å². The van der Waals surface area contributed by atoms with Gasteiger partial charge in [-0.2, -0.15) is 0 Å². The van der Waals surface area contributed by atoms with E-state index in [4.69, 9.17) is 15.3 Å². The van der Waals surface area contributed by atoms with Gasteiger partial charge < -0.3 is 15.0 Å². The Labute approximate surface area is 192 Å². The Balaban J connectivity index is 0.000000890. The summed E-state index contributed by atoms with van der Waals surface area (Å²) in [6, 6.07) is 8.38. The van der Waals surface area contributed by atoms with Crippen LogP contribution >= 0.6 is 0 Å². The number of aromatic amines is 1. The summed E-state index contributed by atoms with van der Waals surface area (Å²) >= 11 is 0. The molecule has 3 rings (SSSR count). The number of H-pyrrole nitrogens is 1. The second-order valence-electron chi connectivity index (χ2n) is 7.41. The minimum absolute atomic E-state index is 0.223. The van der Waals surface area contributed by atoms with Gasteiger partial charge in [-0.25, -0.2) is 19.4 Å². The number of carboxylic acids is 1. The number of piperidine rings is 1. The molecule has 8 nitrogen and oxygen atoms in total. The van der Waals surface area contributed by atoms with E-state index in [1.165, 1.54) is 25.0 Å². The monoisotopic (exact) mass is 452 g/mol. The normalized spacial score (nSPS) is 13.0. The Morgan fingerprint density at radius 3 is 2.64 bits per heavy atom. The number of guanidine groups is 1. The predicted octanol–water partition coefficient (Wildman–Crippen LogP) is 4.64. The van der Waals surface area contributed by atoms with Crippen LogP contribution in [0.5, 0.6) is 0 Å². The Morgan fingerprint density at radius 1 is 1.27 bits per heavy atom. The van der Waals surface area contributed by atoms with Crippen LogP contribution in [0.3, 0.4) is 0 Å². The highest BCUT2D eigenvalue weighted by molar-refractivity contribution is 6.12. The number of benzene rings is 1. The van der Waals surface area contributed by atoms with Crippen molar-refractivity contribution < 1.29 is 14.3 Å². The first kappa shape index (κ1) is 25.4. The van der Waals surface area contributed by atoms with E-state index in [0.717, 1.165) is 38.5 Å². The molecule has 174 valence electrons. The molecule has 1 aromatic heterocycles. The van der Waals surface area contributed by atoms with Gasteiger partial charge in [0.15, 0.2) is 5.82 Å². The largest absolute Gasteiger partial charge is 0.481 e. The van der Waals surface area contributed by atoms with Crippen LogP contribution in [0.2, 0.25) is 0 Å². The molecular formula is C24H29FN6O2. The van der Waals surface area contributed by atoms with Crippen molar-refractivity contribution >= 4 is 23.7 Å². The van der Waals surface area contributed by atoms with Crippen LogP contribution in [0.4, 0.5) is 4.39 Å². The number of likely N-dealkylation sites (tertiary alicyclic amines) is 1. The van der Waals surface area contributed by atoms with E-state index in [-0.39, 0.29) is 11.8 Å². The van der Waals surface area contributed by atoms with Gasteiger partial charge in [0.2, 0.25) is 5.96 Å². The predicted molar refractivity (Wildman–Crippen MR) is 128 cm³/mol. The summed E-state index contributed by atoms with van der Waals surface area (Å²) in [5, 5.41) is 15.5. The Bertz CT molecular complexity index is 1070. The summed E-state index contributed by atoms with van der Waals surface area (Å²) < 4.78 is 14.7. The van der Waals surface area contributed by atoms with Gasteiger partial charge in [-0.05, 0) is 61.6 Å². The number of aryl methyl sites for hydroxylation is 1. The third-order valence-corrected chi connectivity index (χ3v) is 4.69. The molecule has 0 amide bonds. The lowest BCUT2D eigenvalue weighted by molar-refractivity contribution is -0.134. The minimum atomic E-state index is -0.833. The van der Waals surface area contributed by atoms with E-state index >= 15 is 0 Å². The summed E-state index contributed by atoms with van der Waals surface area (Å²) in [7, 11) is 0. The van der Waals surface area contributed by atoms with Crippen molar-refractivity contribution in [3.63, 3.8) is 0 Å². The van der Waals surface area contributed by atoms with E-state index < -0.39 is 11.8 Å². The molecule has 0 unspecified atom stereocenters. The summed E-state index contributed by atoms with van der Waals surface area (Å²) in [4.78, 5) is 26.6. The molecule has 1 saturated heterocycles. The van der Waals surface area contributed by atoms with Crippen molar-refractivity contribution in [2.75, 3.05) is 13.1 Å². The molecule has 3 N–H and O–H groups in total. The van der Waals surface area contributed by atoms with Crippen LogP contribution in [0, 0.1) is 18.2 Å². The molecule has 0 atom stereocenters. The third-order valence-electron chi connectivity index (χ3n) is 4.69. The first-order valence-corrected chi connectivity index (χ1v) is 10.5. The fraction of sp³-hybridized carbons (Fsp3) is 0.292. The average Bonchev–Trinajstić information content (AvgIpc) is 2.89. The molecule has 2 aromatic rings. The summed E-state index contributed by atoms with van der Waals surface area (Å²) in [5.74, 6) is -0.788. The third kappa shape index (κ3) is 8.64.